The fraction of sp³-hybridized carbons (Fsp3) is 0.250. The van der Waals surface area contributed by atoms with Gasteiger partial charge in [0.15, 0.2) is 0 Å². The van der Waals surface area contributed by atoms with Gasteiger partial charge in [-0.1, -0.05) is 66.7 Å². The Morgan fingerprint density at radius 3 is 2.12 bits per heavy atom. The zero-order valence-corrected chi connectivity index (χ0v) is 18.9. The lowest BCUT2D eigenvalue weighted by atomic mass is 10.0. The van der Waals surface area contributed by atoms with E-state index in [0.29, 0.717) is 0 Å². The molecule has 1 aliphatic heterocycles. The SMILES string of the molecule is Cc1ccccc1-c1c(CN2CCN(C)CC2)cnn1-c1ccc(-c2ccccc2)cc1. The molecule has 4 aromatic rings. The molecule has 32 heavy (non-hydrogen) atoms. The fourth-order valence-electron chi connectivity index (χ4n) is 4.49. The molecule has 162 valence electrons. The third-order valence-electron chi connectivity index (χ3n) is 6.45. The molecule has 4 nitrogen and oxygen atoms in total. The number of hydrogen-bond donors (Lipinski definition) is 0. The van der Waals surface area contributed by atoms with Crippen LogP contribution in [0.4, 0.5) is 0 Å². The molecule has 0 unspecified atom stereocenters. The van der Waals surface area contributed by atoms with Crippen molar-refractivity contribution in [3.63, 3.8) is 0 Å². The highest BCUT2D eigenvalue weighted by atomic mass is 15.3. The van der Waals surface area contributed by atoms with Crippen LogP contribution in [0.25, 0.3) is 28.1 Å². The average molecular weight is 423 g/mol. The van der Waals surface area contributed by atoms with E-state index in [1.54, 1.807) is 0 Å². The molecule has 0 saturated carbocycles. The Bertz CT molecular complexity index is 1170. The van der Waals surface area contributed by atoms with Gasteiger partial charge in [-0.3, -0.25) is 4.90 Å². The Balaban J connectivity index is 1.52. The highest BCUT2D eigenvalue weighted by Gasteiger charge is 2.20. The highest BCUT2D eigenvalue weighted by molar-refractivity contribution is 5.70. The molecule has 0 spiro atoms. The average Bonchev–Trinajstić information content (AvgIpc) is 3.25. The van der Waals surface area contributed by atoms with Crippen LogP contribution in [0.1, 0.15) is 11.1 Å². The first-order chi connectivity index (χ1) is 15.7. The predicted molar refractivity (Wildman–Crippen MR) is 132 cm³/mol. The molecular weight excluding hydrogens is 392 g/mol. The van der Waals surface area contributed by atoms with E-state index in [4.69, 9.17) is 5.10 Å². The first-order valence-corrected chi connectivity index (χ1v) is 11.4. The van der Waals surface area contributed by atoms with Crippen LogP contribution in [0.2, 0.25) is 0 Å². The van der Waals surface area contributed by atoms with Gasteiger partial charge in [-0.25, -0.2) is 4.68 Å². The molecule has 0 amide bonds. The minimum atomic E-state index is 0.930. The maximum Gasteiger partial charge on any atom is 0.0788 e. The molecule has 1 aromatic heterocycles. The normalized spacial score (nSPS) is 15.2. The van der Waals surface area contributed by atoms with Crippen LogP contribution in [0.3, 0.4) is 0 Å². The van der Waals surface area contributed by atoms with Crippen molar-refractivity contribution >= 4 is 0 Å². The van der Waals surface area contributed by atoms with Gasteiger partial charge in [-0.15, -0.1) is 0 Å². The second-order valence-electron chi connectivity index (χ2n) is 8.74. The van der Waals surface area contributed by atoms with Crippen molar-refractivity contribution in [2.75, 3.05) is 33.2 Å². The molecule has 0 aliphatic carbocycles. The van der Waals surface area contributed by atoms with E-state index in [-0.39, 0.29) is 0 Å². The molecule has 5 rings (SSSR count). The molecule has 3 aromatic carbocycles. The first kappa shape index (κ1) is 20.7. The quantitative estimate of drug-likeness (QED) is 0.438. The second-order valence-corrected chi connectivity index (χ2v) is 8.74. The molecule has 0 radical (unpaired) electrons. The molecule has 4 heteroatoms. The number of piperazine rings is 1. The van der Waals surface area contributed by atoms with Crippen LogP contribution in [-0.4, -0.2) is 52.8 Å². The topological polar surface area (TPSA) is 24.3 Å². The summed E-state index contributed by atoms with van der Waals surface area (Å²) in [6.07, 6.45) is 2.06. The molecule has 1 saturated heterocycles. The predicted octanol–water partition coefficient (Wildman–Crippen LogP) is 5.26. The van der Waals surface area contributed by atoms with Gasteiger partial charge in [0.1, 0.15) is 0 Å². The van der Waals surface area contributed by atoms with Gasteiger partial charge in [0, 0.05) is 43.9 Å². The molecule has 0 N–H and O–H groups in total. The van der Waals surface area contributed by atoms with E-state index in [1.807, 2.05) is 0 Å². The summed E-state index contributed by atoms with van der Waals surface area (Å²) in [5.74, 6) is 0. The lowest BCUT2D eigenvalue weighted by Gasteiger charge is -2.32. The van der Waals surface area contributed by atoms with Crippen LogP contribution in [-0.2, 0) is 6.54 Å². The summed E-state index contributed by atoms with van der Waals surface area (Å²) in [6.45, 7) is 7.55. The summed E-state index contributed by atoms with van der Waals surface area (Å²) in [5, 5.41) is 4.87. The van der Waals surface area contributed by atoms with Gasteiger partial charge in [-0.2, -0.15) is 5.10 Å². The third-order valence-corrected chi connectivity index (χ3v) is 6.45. The van der Waals surface area contributed by atoms with Gasteiger partial charge in [0.05, 0.1) is 17.6 Å². The number of nitrogens with zero attached hydrogens (tertiary/aromatic N) is 4. The Morgan fingerprint density at radius 2 is 1.41 bits per heavy atom. The zero-order chi connectivity index (χ0) is 21.9. The highest BCUT2D eigenvalue weighted by Crippen LogP contribution is 2.31. The van der Waals surface area contributed by atoms with Gasteiger partial charge < -0.3 is 4.90 Å². The van der Waals surface area contributed by atoms with Gasteiger partial charge in [-0.05, 0) is 42.8 Å². The van der Waals surface area contributed by atoms with Crippen molar-refractivity contribution in [3.8, 4) is 28.1 Å². The smallest absolute Gasteiger partial charge is 0.0788 e. The van der Waals surface area contributed by atoms with Crippen LogP contribution >= 0.6 is 0 Å². The monoisotopic (exact) mass is 422 g/mol. The van der Waals surface area contributed by atoms with Crippen molar-refractivity contribution in [1.82, 2.24) is 19.6 Å². The van der Waals surface area contributed by atoms with Crippen molar-refractivity contribution in [3.05, 3.63) is 96.2 Å². The third kappa shape index (κ3) is 4.24. The van der Waals surface area contributed by atoms with Crippen LogP contribution in [0.15, 0.2) is 85.1 Å². The zero-order valence-electron chi connectivity index (χ0n) is 18.9. The minimum Gasteiger partial charge on any atom is -0.304 e. The van der Waals surface area contributed by atoms with Gasteiger partial charge >= 0.3 is 0 Å². The van der Waals surface area contributed by atoms with Crippen LogP contribution in [0.5, 0.6) is 0 Å². The number of hydrogen-bond acceptors (Lipinski definition) is 3. The maximum atomic E-state index is 4.87. The molecule has 1 fully saturated rings. The number of rotatable bonds is 5. The molecule has 0 atom stereocenters. The van der Waals surface area contributed by atoms with Crippen molar-refractivity contribution in [1.29, 1.82) is 0 Å². The van der Waals surface area contributed by atoms with E-state index in [0.717, 1.165) is 38.4 Å². The van der Waals surface area contributed by atoms with E-state index >= 15 is 0 Å². The summed E-state index contributed by atoms with van der Waals surface area (Å²) < 4.78 is 2.11. The summed E-state index contributed by atoms with van der Waals surface area (Å²) in [4.78, 5) is 4.94. The largest absolute Gasteiger partial charge is 0.304 e. The van der Waals surface area contributed by atoms with Crippen LogP contribution < -0.4 is 0 Å². The number of benzene rings is 3. The van der Waals surface area contributed by atoms with E-state index < -0.39 is 0 Å². The molecule has 1 aliphatic rings. The Hall–Kier alpha value is -3.21. The Kier molecular flexibility index (Phi) is 5.89. The first-order valence-electron chi connectivity index (χ1n) is 11.4. The Labute approximate surface area is 190 Å². The maximum absolute atomic E-state index is 4.87. The number of likely N-dealkylation sites (N-methyl/N-ethyl adjacent to an activating group) is 1. The lowest BCUT2D eigenvalue weighted by Crippen LogP contribution is -2.43. The second kappa shape index (κ2) is 9.11. The molecule has 2 heterocycles. The summed E-state index contributed by atoms with van der Waals surface area (Å²) in [7, 11) is 2.20. The summed E-state index contributed by atoms with van der Waals surface area (Å²) in [5.41, 5.74) is 8.56. The van der Waals surface area contributed by atoms with Crippen molar-refractivity contribution in [2.45, 2.75) is 13.5 Å². The fourth-order valence-corrected chi connectivity index (χ4v) is 4.49. The number of aromatic nitrogens is 2. The Morgan fingerprint density at radius 1 is 0.750 bits per heavy atom. The summed E-state index contributed by atoms with van der Waals surface area (Å²) in [6, 6.07) is 27.9. The van der Waals surface area contributed by atoms with E-state index in [9.17, 15) is 0 Å². The lowest BCUT2D eigenvalue weighted by molar-refractivity contribution is 0.148. The molecule has 0 bridgehead atoms. The number of aryl methyl sites for hydroxylation is 1. The van der Waals surface area contributed by atoms with E-state index in [1.165, 1.54) is 33.5 Å². The standard InChI is InChI=1S/C28H30N4/c1-22-8-6-7-11-27(22)28-25(21-31-18-16-30(2)17-19-31)20-29-32(28)26-14-12-24(13-15-26)23-9-4-3-5-10-23/h3-15,20H,16-19,21H2,1-2H3. The van der Waals surface area contributed by atoms with Crippen molar-refractivity contribution in [2.24, 2.45) is 0 Å². The minimum absolute atomic E-state index is 0.930. The van der Waals surface area contributed by atoms with Gasteiger partial charge in [0.25, 0.3) is 0 Å². The van der Waals surface area contributed by atoms with Gasteiger partial charge in [0.2, 0.25) is 0 Å². The molecular formula is C28H30N4. The van der Waals surface area contributed by atoms with Crippen LogP contribution in [0, 0.1) is 6.92 Å². The summed E-state index contributed by atoms with van der Waals surface area (Å²) >= 11 is 0. The van der Waals surface area contributed by atoms with E-state index in [2.05, 4.69) is 114 Å². The van der Waals surface area contributed by atoms with Crippen molar-refractivity contribution < 1.29 is 0 Å².